The van der Waals surface area contributed by atoms with Crippen LogP contribution in [0.2, 0.25) is 0 Å². The molecule has 7 heteroatoms. The van der Waals surface area contributed by atoms with E-state index in [0.717, 1.165) is 42.5 Å². The molecule has 2 aromatic rings. The Hall–Kier alpha value is -2.67. The maximum atomic E-state index is 12.9. The SMILES string of the molecule is O=C(O)c1[nH]c(=O)n(CCc2ccccc2)c(=O)c1CN1CCCCC1. The summed E-state index contributed by atoms with van der Waals surface area (Å²) in [5, 5.41) is 9.41. The monoisotopic (exact) mass is 357 g/mol. The summed E-state index contributed by atoms with van der Waals surface area (Å²) in [5.41, 5.74) is -0.300. The molecule has 0 atom stereocenters. The maximum absolute atomic E-state index is 12.9. The fraction of sp³-hybridized carbons (Fsp3) is 0.421. The zero-order valence-corrected chi connectivity index (χ0v) is 14.6. The number of hydrogen-bond donors (Lipinski definition) is 2. The van der Waals surface area contributed by atoms with E-state index in [1.807, 2.05) is 30.3 Å². The lowest BCUT2D eigenvalue weighted by Crippen LogP contribution is -2.42. The summed E-state index contributed by atoms with van der Waals surface area (Å²) >= 11 is 0. The summed E-state index contributed by atoms with van der Waals surface area (Å²) in [6.45, 7) is 2.14. The van der Waals surface area contributed by atoms with Crippen molar-refractivity contribution in [2.75, 3.05) is 13.1 Å². The van der Waals surface area contributed by atoms with E-state index in [0.29, 0.717) is 6.42 Å². The first kappa shape index (κ1) is 18.1. The van der Waals surface area contributed by atoms with Gasteiger partial charge in [-0.1, -0.05) is 36.8 Å². The minimum Gasteiger partial charge on any atom is -0.477 e. The molecule has 1 fully saturated rings. The zero-order chi connectivity index (χ0) is 18.5. The molecule has 0 aliphatic carbocycles. The highest BCUT2D eigenvalue weighted by Gasteiger charge is 2.22. The Morgan fingerprint density at radius 3 is 2.42 bits per heavy atom. The van der Waals surface area contributed by atoms with Crippen LogP contribution in [0.25, 0.3) is 0 Å². The van der Waals surface area contributed by atoms with Gasteiger partial charge in [0.15, 0.2) is 0 Å². The molecule has 0 radical (unpaired) electrons. The van der Waals surface area contributed by atoms with Crippen LogP contribution in [0.4, 0.5) is 0 Å². The third-order valence-electron chi connectivity index (χ3n) is 4.79. The van der Waals surface area contributed by atoms with E-state index < -0.39 is 17.2 Å². The molecular weight excluding hydrogens is 334 g/mol. The van der Waals surface area contributed by atoms with Gasteiger partial charge < -0.3 is 10.1 Å². The maximum Gasteiger partial charge on any atom is 0.352 e. The molecule has 26 heavy (non-hydrogen) atoms. The molecule has 1 aromatic carbocycles. The molecule has 0 saturated carbocycles. The number of nitrogens with one attached hydrogen (secondary N) is 1. The van der Waals surface area contributed by atoms with Gasteiger partial charge in [0.2, 0.25) is 0 Å². The molecule has 2 heterocycles. The molecule has 1 aliphatic rings. The molecule has 1 aromatic heterocycles. The highest BCUT2D eigenvalue weighted by Crippen LogP contribution is 2.12. The highest BCUT2D eigenvalue weighted by atomic mass is 16.4. The van der Waals surface area contributed by atoms with Crippen LogP contribution in [0.15, 0.2) is 39.9 Å². The fourth-order valence-corrected chi connectivity index (χ4v) is 3.37. The molecule has 1 saturated heterocycles. The van der Waals surface area contributed by atoms with E-state index in [1.54, 1.807) is 0 Å². The van der Waals surface area contributed by atoms with Crippen LogP contribution in [0, 0.1) is 0 Å². The van der Waals surface area contributed by atoms with Crippen molar-refractivity contribution in [1.29, 1.82) is 0 Å². The van der Waals surface area contributed by atoms with E-state index >= 15 is 0 Å². The minimum atomic E-state index is -1.28. The Balaban J connectivity index is 1.91. The van der Waals surface area contributed by atoms with Crippen LogP contribution in [-0.4, -0.2) is 38.6 Å². The van der Waals surface area contributed by atoms with Crippen LogP contribution in [0.1, 0.15) is 40.9 Å². The Labute approximate surface area is 150 Å². The number of aromatic carboxylic acids is 1. The van der Waals surface area contributed by atoms with Gasteiger partial charge in [0, 0.05) is 13.1 Å². The predicted molar refractivity (Wildman–Crippen MR) is 97.6 cm³/mol. The number of carboxylic acids is 1. The van der Waals surface area contributed by atoms with E-state index in [1.165, 1.54) is 0 Å². The van der Waals surface area contributed by atoms with Crippen LogP contribution >= 0.6 is 0 Å². The third-order valence-corrected chi connectivity index (χ3v) is 4.79. The summed E-state index contributed by atoms with van der Waals surface area (Å²) in [6, 6.07) is 9.56. The fourth-order valence-electron chi connectivity index (χ4n) is 3.37. The second-order valence-electron chi connectivity index (χ2n) is 6.62. The number of hydrogen-bond acceptors (Lipinski definition) is 4. The number of aromatic nitrogens is 2. The van der Waals surface area contributed by atoms with Crippen molar-refractivity contribution < 1.29 is 9.90 Å². The number of likely N-dealkylation sites (tertiary alicyclic amines) is 1. The van der Waals surface area contributed by atoms with Gasteiger partial charge in [0.25, 0.3) is 5.56 Å². The number of aromatic amines is 1. The van der Waals surface area contributed by atoms with Crippen molar-refractivity contribution in [3.05, 3.63) is 68.0 Å². The Bertz CT molecular complexity index is 880. The van der Waals surface area contributed by atoms with E-state index in [4.69, 9.17) is 0 Å². The molecule has 138 valence electrons. The number of rotatable bonds is 6. The molecule has 7 nitrogen and oxygen atoms in total. The van der Waals surface area contributed by atoms with Gasteiger partial charge >= 0.3 is 11.7 Å². The zero-order valence-electron chi connectivity index (χ0n) is 14.6. The summed E-state index contributed by atoms with van der Waals surface area (Å²) in [5.74, 6) is -1.28. The first-order chi connectivity index (χ1) is 12.6. The van der Waals surface area contributed by atoms with Crippen molar-refractivity contribution in [2.24, 2.45) is 0 Å². The third kappa shape index (κ3) is 4.11. The van der Waals surface area contributed by atoms with Crippen LogP contribution in [0.3, 0.4) is 0 Å². The van der Waals surface area contributed by atoms with Gasteiger partial charge in [0.05, 0.1) is 5.56 Å². The van der Waals surface area contributed by atoms with Crippen molar-refractivity contribution in [3.63, 3.8) is 0 Å². The number of piperidine rings is 1. The number of benzene rings is 1. The van der Waals surface area contributed by atoms with Crippen LogP contribution in [0.5, 0.6) is 0 Å². The first-order valence-electron chi connectivity index (χ1n) is 8.92. The normalized spacial score (nSPS) is 15.1. The standard InChI is InChI=1S/C19H23N3O4/c23-17-15(13-21-10-5-2-6-11-21)16(18(24)25)20-19(26)22(17)12-9-14-7-3-1-4-8-14/h1,3-4,7-8H,2,5-6,9-13H2,(H,20,26)(H,24,25). The first-order valence-corrected chi connectivity index (χ1v) is 8.92. The van der Waals surface area contributed by atoms with E-state index in [-0.39, 0.29) is 24.3 Å². The smallest absolute Gasteiger partial charge is 0.352 e. The quantitative estimate of drug-likeness (QED) is 0.816. The molecule has 0 bridgehead atoms. The van der Waals surface area contributed by atoms with E-state index in [9.17, 15) is 19.5 Å². The minimum absolute atomic E-state index is 0.159. The van der Waals surface area contributed by atoms with Gasteiger partial charge in [-0.3, -0.25) is 14.3 Å². The summed E-state index contributed by atoms with van der Waals surface area (Å²) in [4.78, 5) is 41.1. The van der Waals surface area contributed by atoms with Crippen molar-refractivity contribution in [3.8, 4) is 0 Å². The molecule has 0 unspecified atom stereocenters. The van der Waals surface area contributed by atoms with Gasteiger partial charge in [-0.05, 0) is 37.9 Å². The average molecular weight is 357 g/mol. The lowest BCUT2D eigenvalue weighted by Gasteiger charge is -2.26. The second-order valence-corrected chi connectivity index (χ2v) is 6.62. The molecule has 1 aliphatic heterocycles. The van der Waals surface area contributed by atoms with E-state index in [2.05, 4.69) is 9.88 Å². The lowest BCUT2D eigenvalue weighted by atomic mass is 10.1. The van der Waals surface area contributed by atoms with Crippen LogP contribution in [-0.2, 0) is 19.5 Å². The number of nitrogens with zero attached hydrogens (tertiary/aromatic N) is 2. The summed E-state index contributed by atoms with van der Waals surface area (Å²) in [6.07, 6.45) is 3.75. The largest absolute Gasteiger partial charge is 0.477 e. The van der Waals surface area contributed by atoms with Gasteiger partial charge in [0.1, 0.15) is 5.69 Å². The topological polar surface area (TPSA) is 95.4 Å². The number of aryl methyl sites for hydroxylation is 1. The number of H-pyrrole nitrogens is 1. The van der Waals surface area contributed by atoms with Crippen molar-refractivity contribution in [2.45, 2.75) is 38.8 Å². The van der Waals surface area contributed by atoms with Gasteiger partial charge in [-0.15, -0.1) is 0 Å². The molecule has 0 spiro atoms. The average Bonchev–Trinajstić information content (AvgIpc) is 2.65. The Kier molecular flexibility index (Phi) is 5.68. The van der Waals surface area contributed by atoms with Crippen LogP contribution < -0.4 is 11.2 Å². The summed E-state index contributed by atoms with van der Waals surface area (Å²) in [7, 11) is 0. The number of carboxylic acid groups (broad SMARTS) is 1. The lowest BCUT2D eigenvalue weighted by molar-refractivity contribution is 0.0686. The molecule has 2 N–H and O–H groups in total. The number of carbonyl (C=O) groups is 1. The Morgan fingerprint density at radius 2 is 1.77 bits per heavy atom. The summed E-state index contributed by atoms with van der Waals surface area (Å²) < 4.78 is 1.11. The van der Waals surface area contributed by atoms with Gasteiger partial charge in [-0.2, -0.15) is 0 Å². The van der Waals surface area contributed by atoms with Crippen molar-refractivity contribution in [1.82, 2.24) is 14.5 Å². The molecule has 3 rings (SSSR count). The Morgan fingerprint density at radius 1 is 1.08 bits per heavy atom. The predicted octanol–water partition coefficient (Wildman–Crippen LogP) is 1.46. The second kappa shape index (κ2) is 8.14. The van der Waals surface area contributed by atoms with Gasteiger partial charge in [-0.25, -0.2) is 9.59 Å². The van der Waals surface area contributed by atoms with Crippen molar-refractivity contribution >= 4 is 5.97 Å². The highest BCUT2D eigenvalue weighted by molar-refractivity contribution is 5.86. The molecular formula is C19H23N3O4. The molecule has 0 amide bonds.